The van der Waals surface area contributed by atoms with Crippen molar-refractivity contribution in [2.24, 2.45) is 4.99 Å². The molecular weight excluding hydrogens is 110 g/mol. The Kier molecular flexibility index (Phi) is 0.890. The summed E-state index contributed by atoms with van der Waals surface area (Å²) in [5.74, 6) is 0. The van der Waals surface area contributed by atoms with Crippen LogP contribution in [-0.2, 0) is 6.54 Å². The molecule has 0 aromatic heterocycles. The molecule has 43 valence electrons. The summed E-state index contributed by atoms with van der Waals surface area (Å²) in [6, 6.07) is 9.09. The monoisotopic (exact) mass is 116 g/mol. The molecule has 1 nitrogen and oxygen atoms in total. The molecule has 0 saturated heterocycles. The highest BCUT2D eigenvalue weighted by Gasteiger charge is 2.01. The zero-order valence-corrected chi connectivity index (χ0v) is 4.96. The molecule has 0 saturated carbocycles. The van der Waals surface area contributed by atoms with E-state index in [0.717, 1.165) is 12.1 Å². The van der Waals surface area contributed by atoms with Crippen molar-refractivity contribution in [3.8, 4) is 0 Å². The van der Waals surface area contributed by atoms with Crippen molar-refractivity contribution < 1.29 is 0 Å². The average molecular weight is 116 g/mol. The second-order valence-electron chi connectivity index (χ2n) is 2.08. The first-order valence-electron chi connectivity index (χ1n) is 2.96. The van der Waals surface area contributed by atoms with Gasteiger partial charge in [-0.2, -0.15) is 0 Å². The standard InChI is InChI=1S/C8H6N/c1-2-4-8-6-9-5-7(8)3-1/h1-3,6H,5H2. The Hall–Kier alpha value is -1.11. The predicted molar refractivity (Wildman–Crippen MR) is 36.6 cm³/mol. The lowest BCUT2D eigenvalue weighted by atomic mass is 10.1. The van der Waals surface area contributed by atoms with E-state index in [1.165, 1.54) is 5.56 Å². The molecule has 0 bridgehead atoms. The fourth-order valence-corrected chi connectivity index (χ4v) is 0.978. The molecule has 0 aliphatic carbocycles. The Bertz CT molecular complexity index is 250. The van der Waals surface area contributed by atoms with Crippen LogP contribution in [0.5, 0.6) is 0 Å². The predicted octanol–water partition coefficient (Wildman–Crippen LogP) is 1.42. The van der Waals surface area contributed by atoms with Crippen LogP contribution in [0.25, 0.3) is 0 Å². The smallest absolute Gasteiger partial charge is 0.0646 e. The zero-order valence-electron chi connectivity index (χ0n) is 4.96. The normalized spacial score (nSPS) is 13.8. The molecular formula is C8H6N. The van der Waals surface area contributed by atoms with Crippen molar-refractivity contribution in [1.29, 1.82) is 0 Å². The first-order valence-corrected chi connectivity index (χ1v) is 2.96. The highest BCUT2D eigenvalue weighted by atomic mass is 14.7. The number of benzene rings is 1. The van der Waals surface area contributed by atoms with Gasteiger partial charge in [0.05, 0.1) is 6.54 Å². The number of nitrogens with zero attached hydrogens (tertiary/aromatic N) is 1. The van der Waals surface area contributed by atoms with Crippen LogP contribution in [0.2, 0.25) is 0 Å². The van der Waals surface area contributed by atoms with Crippen LogP contribution in [0.15, 0.2) is 23.2 Å². The van der Waals surface area contributed by atoms with Crippen LogP contribution in [0, 0.1) is 6.07 Å². The third kappa shape index (κ3) is 0.653. The Morgan fingerprint density at radius 1 is 1.56 bits per heavy atom. The highest BCUT2D eigenvalue weighted by molar-refractivity contribution is 5.83. The Balaban J connectivity index is 2.63. The van der Waals surface area contributed by atoms with Gasteiger partial charge in [-0.25, -0.2) is 0 Å². The highest BCUT2D eigenvalue weighted by Crippen LogP contribution is 2.11. The summed E-state index contributed by atoms with van der Waals surface area (Å²) in [4.78, 5) is 4.10. The summed E-state index contributed by atoms with van der Waals surface area (Å²) in [6.07, 6.45) is 1.87. The van der Waals surface area contributed by atoms with Gasteiger partial charge in [-0.3, -0.25) is 4.99 Å². The molecule has 0 fully saturated rings. The molecule has 1 aromatic rings. The SMILES string of the molecule is [c]1cccc2c1C=NC2. The molecule has 1 aliphatic heterocycles. The molecule has 1 heteroatoms. The van der Waals surface area contributed by atoms with Crippen LogP contribution in [-0.4, -0.2) is 6.21 Å². The quantitative estimate of drug-likeness (QED) is 0.486. The lowest BCUT2D eigenvalue weighted by Crippen LogP contribution is -1.80. The lowest BCUT2D eigenvalue weighted by molar-refractivity contribution is 1.11. The number of fused-ring (bicyclic) bond motifs is 1. The largest absolute Gasteiger partial charge is 0.288 e. The third-order valence-corrected chi connectivity index (χ3v) is 1.46. The summed E-state index contributed by atoms with van der Waals surface area (Å²) in [6.45, 7) is 0.840. The van der Waals surface area contributed by atoms with Gasteiger partial charge in [-0.05, 0) is 11.6 Å². The average Bonchev–Trinajstić information content (AvgIpc) is 2.33. The molecule has 1 aliphatic rings. The maximum atomic E-state index is 4.10. The third-order valence-electron chi connectivity index (χ3n) is 1.46. The second kappa shape index (κ2) is 1.69. The van der Waals surface area contributed by atoms with Crippen molar-refractivity contribution in [2.45, 2.75) is 6.54 Å². The number of hydrogen-bond acceptors (Lipinski definition) is 1. The summed E-state index contributed by atoms with van der Waals surface area (Å²) >= 11 is 0. The minimum absolute atomic E-state index is 0.840. The molecule has 0 unspecified atom stereocenters. The summed E-state index contributed by atoms with van der Waals surface area (Å²) < 4.78 is 0. The molecule has 2 rings (SSSR count). The van der Waals surface area contributed by atoms with Crippen molar-refractivity contribution in [3.05, 3.63) is 35.4 Å². The van der Waals surface area contributed by atoms with E-state index in [0.29, 0.717) is 0 Å². The van der Waals surface area contributed by atoms with Gasteiger partial charge in [-0.15, -0.1) is 0 Å². The van der Waals surface area contributed by atoms with E-state index < -0.39 is 0 Å². The number of hydrogen-bond donors (Lipinski definition) is 0. The summed E-state index contributed by atoms with van der Waals surface area (Å²) in [5.41, 5.74) is 2.44. The maximum Gasteiger partial charge on any atom is 0.0646 e. The summed E-state index contributed by atoms with van der Waals surface area (Å²) in [7, 11) is 0. The van der Waals surface area contributed by atoms with Crippen LogP contribution in [0.4, 0.5) is 0 Å². The topological polar surface area (TPSA) is 12.4 Å². The van der Waals surface area contributed by atoms with Gasteiger partial charge in [0, 0.05) is 11.8 Å². The molecule has 1 heterocycles. The molecule has 0 N–H and O–H groups in total. The Labute approximate surface area is 54.1 Å². The number of rotatable bonds is 0. The number of aliphatic imine (C=N–C) groups is 1. The summed E-state index contributed by atoms with van der Waals surface area (Å²) in [5, 5.41) is 0. The van der Waals surface area contributed by atoms with E-state index in [2.05, 4.69) is 17.1 Å². The molecule has 0 amide bonds. The fraction of sp³-hybridized carbons (Fsp3) is 0.125. The van der Waals surface area contributed by atoms with Crippen LogP contribution >= 0.6 is 0 Å². The van der Waals surface area contributed by atoms with Gasteiger partial charge in [0.2, 0.25) is 0 Å². The van der Waals surface area contributed by atoms with E-state index >= 15 is 0 Å². The van der Waals surface area contributed by atoms with Crippen molar-refractivity contribution in [3.63, 3.8) is 0 Å². The van der Waals surface area contributed by atoms with Crippen LogP contribution < -0.4 is 0 Å². The second-order valence-corrected chi connectivity index (χ2v) is 2.08. The molecule has 9 heavy (non-hydrogen) atoms. The van der Waals surface area contributed by atoms with Crippen LogP contribution in [0.3, 0.4) is 0 Å². The Morgan fingerprint density at radius 2 is 2.56 bits per heavy atom. The van der Waals surface area contributed by atoms with E-state index in [9.17, 15) is 0 Å². The van der Waals surface area contributed by atoms with E-state index in [-0.39, 0.29) is 0 Å². The minimum atomic E-state index is 0.840. The molecule has 1 aromatic carbocycles. The maximum absolute atomic E-state index is 4.10. The first-order chi connectivity index (χ1) is 4.47. The zero-order chi connectivity index (χ0) is 6.10. The van der Waals surface area contributed by atoms with Gasteiger partial charge in [0.1, 0.15) is 0 Å². The molecule has 1 radical (unpaired) electrons. The van der Waals surface area contributed by atoms with Gasteiger partial charge in [-0.1, -0.05) is 18.2 Å². The van der Waals surface area contributed by atoms with Crippen molar-refractivity contribution >= 4 is 6.21 Å². The lowest BCUT2D eigenvalue weighted by Gasteiger charge is -1.90. The first kappa shape index (κ1) is 4.74. The van der Waals surface area contributed by atoms with E-state index in [1.807, 2.05) is 18.3 Å². The molecule has 0 atom stereocenters. The van der Waals surface area contributed by atoms with Gasteiger partial charge in [0.25, 0.3) is 0 Å². The fourth-order valence-electron chi connectivity index (χ4n) is 0.978. The van der Waals surface area contributed by atoms with Crippen molar-refractivity contribution in [1.82, 2.24) is 0 Å². The Morgan fingerprint density at radius 3 is 3.44 bits per heavy atom. The van der Waals surface area contributed by atoms with Gasteiger partial charge >= 0.3 is 0 Å². The van der Waals surface area contributed by atoms with Gasteiger partial charge in [0.15, 0.2) is 0 Å². The van der Waals surface area contributed by atoms with E-state index in [1.54, 1.807) is 0 Å². The molecule has 0 spiro atoms. The van der Waals surface area contributed by atoms with Crippen molar-refractivity contribution in [2.75, 3.05) is 0 Å². The van der Waals surface area contributed by atoms with E-state index in [4.69, 9.17) is 0 Å². The van der Waals surface area contributed by atoms with Gasteiger partial charge < -0.3 is 0 Å². The van der Waals surface area contributed by atoms with Crippen LogP contribution in [0.1, 0.15) is 11.1 Å². The minimum Gasteiger partial charge on any atom is -0.288 e.